The van der Waals surface area contributed by atoms with Gasteiger partial charge < -0.3 is 15.0 Å². The molecule has 0 amide bonds. The molecular formula is C20H19ClF4N2O. The van der Waals surface area contributed by atoms with Crippen LogP contribution in [0.25, 0.3) is 10.9 Å². The first-order chi connectivity index (χ1) is 13.3. The topological polar surface area (TPSA) is 37.0 Å². The molecule has 0 aliphatic rings. The number of H-pyrrole nitrogens is 1. The molecule has 0 unspecified atom stereocenters. The van der Waals surface area contributed by atoms with Crippen LogP contribution >= 0.6 is 11.6 Å². The Kier molecular flexibility index (Phi) is 6.46. The first-order valence-corrected chi connectivity index (χ1v) is 9.14. The van der Waals surface area contributed by atoms with Gasteiger partial charge in [-0.2, -0.15) is 13.2 Å². The molecule has 0 fully saturated rings. The van der Waals surface area contributed by atoms with Crippen LogP contribution in [0.2, 0.25) is 5.02 Å². The van der Waals surface area contributed by atoms with Crippen LogP contribution in [0.1, 0.15) is 17.5 Å². The van der Waals surface area contributed by atoms with E-state index < -0.39 is 25.0 Å². The quantitative estimate of drug-likeness (QED) is 0.370. The number of rotatable bonds is 8. The van der Waals surface area contributed by atoms with Gasteiger partial charge in [0.25, 0.3) is 0 Å². The molecule has 0 atom stereocenters. The van der Waals surface area contributed by atoms with Crippen LogP contribution in [-0.2, 0) is 13.0 Å². The lowest BCUT2D eigenvalue weighted by Crippen LogP contribution is -2.16. The highest BCUT2D eigenvalue weighted by Crippen LogP contribution is 2.25. The Bertz CT molecular complexity index is 940. The summed E-state index contributed by atoms with van der Waals surface area (Å²) in [6.07, 6.45) is -2.69. The first-order valence-electron chi connectivity index (χ1n) is 8.76. The molecule has 0 spiro atoms. The van der Waals surface area contributed by atoms with E-state index in [2.05, 4.69) is 10.3 Å². The zero-order valence-electron chi connectivity index (χ0n) is 14.9. The molecule has 1 aromatic heterocycles. The van der Waals surface area contributed by atoms with Crippen molar-refractivity contribution >= 4 is 22.5 Å². The second kappa shape index (κ2) is 8.84. The fourth-order valence-electron chi connectivity index (χ4n) is 2.87. The Morgan fingerprint density at radius 3 is 2.75 bits per heavy atom. The summed E-state index contributed by atoms with van der Waals surface area (Å²) < 4.78 is 55.4. The highest BCUT2D eigenvalue weighted by Gasteiger charge is 2.26. The van der Waals surface area contributed by atoms with E-state index in [0.717, 1.165) is 22.0 Å². The standard InChI is InChI=1S/C20H19ClF4N2O/c21-17-10-19-16(9-18(17)22)14(12-27-19)4-6-26-11-13-2-1-3-15(8-13)28-7-5-20(23,24)25/h1-3,8-10,12,26-27H,4-7,11H2. The van der Waals surface area contributed by atoms with Gasteiger partial charge in [0.2, 0.25) is 0 Å². The largest absolute Gasteiger partial charge is 0.493 e. The summed E-state index contributed by atoms with van der Waals surface area (Å²) in [4.78, 5) is 3.08. The summed E-state index contributed by atoms with van der Waals surface area (Å²) in [5, 5.41) is 4.14. The summed E-state index contributed by atoms with van der Waals surface area (Å²) in [6, 6.07) is 9.94. The Morgan fingerprint density at radius 1 is 1.14 bits per heavy atom. The van der Waals surface area contributed by atoms with Gasteiger partial charge in [-0.25, -0.2) is 4.39 Å². The fourth-order valence-corrected chi connectivity index (χ4v) is 3.03. The van der Waals surface area contributed by atoms with Crippen molar-refractivity contribution in [3.05, 3.63) is 64.6 Å². The van der Waals surface area contributed by atoms with Gasteiger partial charge in [0, 0.05) is 23.6 Å². The number of hydrogen-bond acceptors (Lipinski definition) is 2. The number of alkyl halides is 3. The average Bonchev–Trinajstić information content (AvgIpc) is 3.00. The first kappa shape index (κ1) is 20.5. The number of hydrogen-bond donors (Lipinski definition) is 2. The Balaban J connectivity index is 1.49. The normalized spacial score (nSPS) is 11.9. The smallest absolute Gasteiger partial charge is 0.392 e. The Morgan fingerprint density at radius 2 is 1.96 bits per heavy atom. The van der Waals surface area contributed by atoms with Crippen molar-refractivity contribution in [2.24, 2.45) is 0 Å². The minimum Gasteiger partial charge on any atom is -0.493 e. The summed E-state index contributed by atoms with van der Waals surface area (Å²) in [6.45, 7) is 0.789. The van der Waals surface area contributed by atoms with Crippen molar-refractivity contribution < 1.29 is 22.3 Å². The maximum Gasteiger partial charge on any atom is 0.392 e. The van der Waals surface area contributed by atoms with Crippen molar-refractivity contribution in [2.45, 2.75) is 25.6 Å². The molecule has 0 aliphatic carbocycles. The van der Waals surface area contributed by atoms with Crippen LogP contribution in [0.3, 0.4) is 0 Å². The minimum absolute atomic E-state index is 0.0800. The van der Waals surface area contributed by atoms with E-state index in [1.54, 1.807) is 24.3 Å². The minimum atomic E-state index is -4.23. The van der Waals surface area contributed by atoms with Crippen LogP contribution in [0.5, 0.6) is 5.75 Å². The van der Waals surface area contributed by atoms with Gasteiger partial charge in [-0.15, -0.1) is 0 Å². The van der Waals surface area contributed by atoms with E-state index in [9.17, 15) is 17.6 Å². The van der Waals surface area contributed by atoms with Crippen LogP contribution in [-0.4, -0.2) is 24.3 Å². The van der Waals surface area contributed by atoms with Crippen molar-refractivity contribution in [1.29, 1.82) is 0 Å². The summed E-state index contributed by atoms with van der Waals surface area (Å²) in [5.41, 5.74) is 2.66. The molecule has 0 radical (unpaired) electrons. The number of aromatic nitrogens is 1. The predicted octanol–water partition coefficient (Wildman–Crippen LogP) is 5.62. The van der Waals surface area contributed by atoms with E-state index in [4.69, 9.17) is 16.3 Å². The van der Waals surface area contributed by atoms with Gasteiger partial charge in [0.1, 0.15) is 11.6 Å². The van der Waals surface area contributed by atoms with Crippen molar-refractivity contribution in [3.63, 3.8) is 0 Å². The highest BCUT2D eigenvalue weighted by atomic mass is 35.5. The van der Waals surface area contributed by atoms with Gasteiger partial charge in [-0.1, -0.05) is 23.7 Å². The number of fused-ring (bicyclic) bond motifs is 1. The average molecular weight is 415 g/mol. The SMILES string of the molecule is Fc1cc2c(CCNCc3cccc(OCCC(F)(F)F)c3)c[nH]c2cc1Cl. The van der Waals surface area contributed by atoms with E-state index in [1.807, 2.05) is 12.3 Å². The molecule has 0 saturated carbocycles. The summed E-state index contributed by atoms with van der Waals surface area (Å²) in [7, 11) is 0. The van der Waals surface area contributed by atoms with Gasteiger partial charge in [-0.05, 0) is 48.4 Å². The second-order valence-electron chi connectivity index (χ2n) is 6.41. The lowest BCUT2D eigenvalue weighted by molar-refractivity contribution is -0.139. The van der Waals surface area contributed by atoms with Crippen LogP contribution in [0, 0.1) is 5.82 Å². The Hall–Kier alpha value is -2.25. The molecule has 0 aliphatic heterocycles. The lowest BCUT2D eigenvalue weighted by atomic mass is 10.1. The van der Waals surface area contributed by atoms with Gasteiger partial charge in [0.05, 0.1) is 18.1 Å². The van der Waals surface area contributed by atoms with Gasteiger partial charge >= 0.3 is 6.18 Å². The maximum absolute atomic E-state index is 13.7. The molecule has 3 rings (SSSR count). The number of halogens is 5. The molecule has 3 nitrogen and oxygen atoms in total. The molecule has 28 heavy (non-hydrogen) atoms. The van der Waals surface area contributed by atoms with Crippen molar-refractivity contribution in [1.82, 2.24) is 10.3 Å². The highest BCUT2D eigenvalue weighted by molar-refractivity contribution is 6.31. The van der Waals surface area contributed by atoms with Crippen LogP contribution in [0.4, 0.5) is 17.6 Å². The van der Waals surface area contributed by atoms with Crippen LogP contribution < -0.4 is 10.1 Å². The molecule has 2 aromatic carbocycles. The van der Waals surface area contributed by atoms with Crippen LogP contribution in [0.15, 0.2) is 42.6 Å². The van der Waals surface area contributed by atoms with E-state index in [-0.39, 0.29) is 5.02 Å². The third-order valence-electron chi connectivity index (χ3n) is 4.26. The van der Waals surface area contributed by atoms with E-state index in [0.29, 0.717) is 25.3 Å². The zero-order valence-corrected chi connectivity index (χ0v) is 15.6. The molecular weight excluding hydrogens is 396 g/mol. The monoisotopic (exact) mass is 414 g/mol. The number of ether oxygens (including phenoxy) is 1. The lowest BCUT2D eigenvalue weighted by Gasteiger charge is -2.10. The van der Waals surface area contributed by atoms with Gasteiger partial charge in [-0.3, -0.25) is 0 Å². The van der Waals surface area contributed by atoms with Crippen molar-refractivity contribution in [3.8, 4) is 5.75 Å². The molecule has 0 bridgehead atoms. The molecule has 8 heteroatoms. The number of benzene rings is 2. The molecule has 3 aromatic rings. The number of aromatic amines is 1. The number of nitrogens with one attached hydrogen (secondary N) is 2. The molecule has 1 heterocycles. The van der Waals surface area contributed by atoms with E-state index >= 15 is 0 Å². The summed E-state index contributed by atoms with van der Waals surface area (Å²) >= 11 is 5.78. The van der Waals surface area contributed by atoms with Gasteiger partial charge in [0.15, 0.2) is 0 Å². The molecule has 2 N–H and O–H groups in total. The third-order valence-corrected chi connectivity index (χ3v) is 4.55. The van der Waals surface area contributed by atoms with E-state index in [1.165, 1.54) is 6.07 Å². The zero-order chi connectivity index (χ0) is 20.1. The summed E-state index contributed by atoms with van der Waals surface area (Å²) in [5.74, 6) is -0.0437. The Labute approximate surface area is 164 Å². The predicted molar refractivity (Wildman–Crippen MR) is 101 cm³/mol. The van der Waals surface area contributed by atoms with Crippen molar-refractivity contribution in [2.75, 3.05) is 13.2 Å². The maximum atomic E-state index is 13.7. The third kappa shape index (κ3) is 5.62. The molecule has 150 valence electrons. The fraction of sp³-hybridized carbons (Fsp3) is 0.300. The second-order valence-corrected chi connectivity index (χ2v) is 6.82. The molecule has 0 saturated heterocycles.